The van der Waals surface area contributed by atoms with Gasteiger partial charge in [-0.25, -0.2) is 9.69 Å². The summed E-state index contributed by atoms with van der Waals surface area (Å²) in [4.78, 5) is 59.7. The lowest BCUT2D eigenvalue weighted by Crippen LogP contribution is -2.54. The molecule has 1 heterocycles. The summed E-state index contributed by atoms with van der Waals surface area (Å²) < 4.78 is 12.3. The Morgan fingerprint density at radius 3 is 2.10 bits per heavy atom. The maximum atomic E-state index is 13.2. The number of nitrogens with one attached hydrogen (secondary N) is 1. The van der Waals surface area contributed by atoms with Crippen LogP contribution in [0.2, 0.25) is 0 Å². The topological polar surface area (TPSA) is 171 Å². The molecule has 3 aromatic rings. The van der Waals surface area contributed by atoms with Crippen LogP contribution in [-0.2, 0) is 16.2 Å². The average Bonchev–Trinajstić information content (AvgIpc) is 2.91. The van der Waals surface area contributed by atoms with E-state index in [1.165, 1.54) is 30.3 Å². The van der Waals surface area contributed by atoms with Crippen LogP contribution >= 0.6 is 22.6 Å². The van der Waals surface area contributed by atoms with Crippen molar-refractivity contribution in [3.05, 3.63) is 101 Å². The number of nitrogens with zero attached hydrogens (tertiary/aromatic N) is 3. The maximum Gasteiger partial charge on any atom is 0.335 e. The van der Waals surface area contributed by atoms with E-state index in [4.69, 9.17) is 9.47 Å². The van der Waals surface area contributed by atoms with E-state index >= 15 is 0 Å². The van der Waals surface area contributed by atoms with E-state index in [9.17, 15) is 34.6 Å². The minimum atomic E-state index is -0.986. The highest BCUT2D eigenvalue weighted by Crippen LogP contribution is 2.36. The Bertz CT molecular complexity index is 1550. The molecular weight excluding hydrogens is 639 g/mol. The molecule has 4 rings (SSSR count). The number of ether oxygens (including phenoxy) is 2. The van der Waals surface area contributed by atoms with Gasteiger partial charge >= 0.3 is 6.03 Å². The third-order valence-electron chi connectivity index (χ3n) is 5.59. The first kappa shape index (κ1) is 28.2. The number of non-ortho nitro benzene ring substituents is 2. The van der Waals surface area contributed by atoms with Crippen LogP contribution in [0.15, 0.2) is 66.2 Å². The standard InChI is InChI=1S/C26H19IN4O9/c1-2-39-22-13-16(12-21(27)23(22)40-14-15-3-5-18(6-4-15)30(35)36)11-20-24(32)28-26(34)29(25(20)33)17-7-9-19(10-8-17)31(37)38/h3-13H,2,14H2,1H3,(H,28,32,34)/b20-11+. The van der Waals surface area contributed by atoms with Gasteiger partial charge in [0.25, 0.3) is 23.2 Å². The molecule has 1 saturated heterocycles. The highest BCUT2D eigenvalue weighted by Gasteiger charge is 2.37. The van der Waals surface area contributed by atoms with Crippen molar-refractivity contribution in [2.75, 3.05) is 11.5 Å². The lowest BCUT2D eigenvalue weighted by Gasteiger charge is -2.26. The molecule has 0 spiro atoms. The number of rotatable bonds is 9. The molecular formula is C26H19IN4O9. The molecule has 0 aromatic heterocycles. The molecule has 40 heavy (non-hydrogen) atoms. The highest BCUT2D eigenvalue weighted by molar-refractivity contribution is 14.1. The predicted octanol–water partition coefficient (Wildman–Crippen LogP) is 4.75. The van der Waals surface area contributed by atoms with Crippen molar-refractivity contribution in [1.82, 2.24) is 5.32 Å². The first-order chi connectivity index (χ1) is 19.1. The monoisotopic (exact) mass is 658 g/mol. The number of urea groups is 1. The largest absolute Gasteiger partial charge is 0.490 e. The molecule has 0 aliphatic carbocycles. The Morgan fingerprint density at radius 1 is 0.925 bits per heavy atom. The number of hydrogen-bond donors (Lipinski definition) is 1. The van der Waals surface area contributed by atoms with Gasteiger partial charge in [-0.15, -0.1) is 0 Å². The van der Waals surface area contributed by atoms with Crippen LogP contribution in [-0.4, -0.2) is 34.3 Å². The van der Waals surface area contributed by atoms with Gasteiger partial charge < -0.3 is 9.47 Å². The minimum Gasteiger partial charge on any atom is -0.490 e. The normalized spacial score (nSPS) is 14.2. The second-order valence-electron chi connectivity index (χ2n) is 8.21. The number of barbiturate groups is 1. The van der Waals surface area contributed by atoms with Gasteiger partial charge in [-0.2, -0.15) is 0 Å². The zero-order valence-electron chi connectivity index (χ0n) is 20.7. The predicted molar refractivity (Wildman–Crippen MR) is 150 cm³/mol. The van der Waals surface area contributed by atoms with Gasteiger partial charge in [0.2, 0.25) is 0 Å². The van der Waals surface area contributed by atoms with E-state index in [-0.39, 0.29) is 35.8 Å². The summed E-state index contributed by atoms with van der Waals surface area (Å²) in [5.74, 6) is -1.09. The third-order valence-corrected chi connectivity index (χ3v) is 6.39. The number of nitro groups is 2. The number of anilines is 1. The van der Waals surface area contributed by atoms with Crippen molar-refractivity contribution >= 4 is 63.6 Å². The van der Waals surface area contributed by atoms with Crippen molar-refractivity contribution in [3.8, 4) is 11.5 Å². The summed E-state index contributed by atoms with van der Waals surface area (Å²) in [7, 11) is 0. The maximum absolute atomic E-state index is 13.2. The summed E-state index contributed by atoms with van der Waals surface area (Å²) >= 11 is 2.01. The number of nitro benzene ring substituents is 2. The Balaban J connectivity index is 1.62. The molecule has 4 amide bonds. The molecule has 13 nitrogen and oxygen atoms in total. The van der Waals surface area contributed by atoms with Gasteiger partial charge in [0.1, 0.15) is 12.2 Å². The zero-order valence-corrected chi connectivity index (χ0v) is 22.8. The Kier molecular flexibility index (Phi) is 8.37. The summed E-state index contributed by atoms with van der Waals surface area (Å²) in [6, 6.07) is 12.9. The molecule has 1 aliphatic rings. The molecule has 14 heteroatoms. The van der Waals surface area contributed by atoms with Crippen LogP contribution < -0.4 is 19.7 Å². The van der Waals surface area contributed by atoms with Gasteiger partial charge in [0.05, 0.1) is 25.7 Å². The number of hydrogen-bond acceptors (Lipinski definition) is 9. The quantitative estimate of drug-likeness (QED) is 0.112. The summed E-state index contributed by atoms with van der Waals surface area (Å²) in [5.41, 5.74) is 0.541. The second kappa shape index (κ2) is 11.9. The smallest absolute Gasteiger partial charge is 0.335 e. The lowest BCUT2D eigenvalue weighted by atomic mass is 10.1. The Morgan fingerprint density at radius 2 is 1.52 bits per heavy atom. The molecule has 1 N–H and O–H groups in total. The Labute approximate surface area is 239 Å². The van der Waals surface area contributed by atoms with Crippen molar-refractivity contribution in [1.29, 1.82) is 0 Å². The number of benzene rings is 3. The molecule has 0 atom stereocenters. The number of halogens is 1. The third kappa shape index (κ3) is 6.06. The number of imide groups is 2. The highest BCUT2D eigenvalue weighted by atomic mass is 127. The van der Waals surface area contributed by atoms with Crippen LogP contribution in [0.3, 0.4) is 0 Å². The van der Waals surface area contributed by atoms with Crippen LogP contribution in [0, 0.1) is 23.8 Å². The fraction of sp³-hybridized carbons (Fsp3) is 0.115. The van der Waals surface area contributed by atoms with Crippen LogP contribution in [0.25, 0.3) is 6.08 Å². The van der Waals surface area contributed by atoms with Crippen LogP contribution in [0.1, 0.15) is 18.1 Å². The molecule has 1 fully saturated rings. The second-order valence-corrected chi connectivity index (χ2v) is 9.37. The van der Waals surface area contributed by atoms with Crippen molar-refractivity contribution in [2.45, 2.75) is 13.5 Å². The summed E-state index contributed by atoms with van der Waals surface area (Å²) in [6.07, 6.45) is 1.30. The van der Waals surface area contributed by atoms with Crippen molar-refractivity contribution in [3.63, 3.8) is 0 Å². The van der Waals surface area contributed by atoms with Gasteiger partial charge in [-0.05, 0) is 83.1 Å². The van der Waals surface area contributed by atoms with Gasteiger partial charge in [-0.3, -0.25) is 35.1 Å². The molecule has 0 radical (unpaired) electrons. The van der Waals surface area contributed by atoms with Gasteiger partial charge in [0, 0.05) is 24.3 Å². The fourth-order valence-corrected chi connectivity index (χ4v) is 4.51. The van der Waals surface area contributed by atoms with Crippen LogP contribution in [0.5, 0.6) is 11.5 Å². The van der Waals surface area contributed by atoms with Crippen molar-refractivity contribution < 1.29 is 33.7 Å². The molecule has 0 bridgehead atoms. The molecule has 3 aromatic carbocycles. The number of carbonyl (C=O) groups excluding carboxylic acids is 3. The van der Waals surface area contributed by atoms with Crippen LogP contribution in [0.4, 0.5) is 21.9 Å². The summed E-state index contributed by atoms with van der Waals surface area (Å²) in [6.45, 7) is 2.15. The van der Waals surface area contributed by atoms with Gasteiger partial charge in [-0.1, -0.05) is 0 Å². The molecule has 204 valence electrons. The first-order valence-electron chi connectivity index (χ1n) is 11.6. The van der Waals surface area contributed by atoms with E-state index in [1.54, 1.807) is 31.2 Å². The van der Waals surface area contributed by atoms with E-state index in [0.717, 1.165) is 12.1 Å². The number of amides is 4. The zero-order chi connectivity index (χ0) is 29.0. The molecule has 0 unspecified atom stereocenters. The van der Waals surface area contributed by atoms with Crippen molar-refractivity contribution in [2.24, 2.45) is 0 Å². The van der Waals surface area contributed by atoms with E-state index in [1.807, 2.05) is 22.6 Å². The van der Waals surface area contributed by atoms with E-state index in [2.05, 4.69) is 5.32 Å². The van der Waals surface area contributed by atoms with Gasteiger partial charge in [0.15, 0.2) is 11.5 Å². The minimum absolute atomic E-state index is 0.0409. The van der Waals surface area contributed by atoms with E-state index in [0.29, 0.717) is 31.1 Å². The average molecular weight is 658 g/mol. The Hall–Kier alpha value is -4.86. The van der Waals surface area contributed by atoms with E-state index < -0.39 is 27.7 Å². The number of carbonyl (C=O) groups is 3. The SMILES string of the molecule is CCOc1cc(/C=C2\C(=O)NC(=O)N(c3ccc([N+](=O)[O-])cc3)C2=O)cc(I)c1OCc1ccc([N+](=O)[O-])cc1. The molecule has 0 saturated carbocycles. The fourth-order valence-electron chi connectivity index (χ4n) is 3.73. The lowest BCUT2D eigenvalue weighted by molar-refractivity contribution is -0.385. The molecule has 1 aliphatic heterocycles. The first-order valence-corrected chi connectivity index (χ1v) is 12.6. The summed E-state index contributed by atoms with van der Waals surface area (Å²) in [5, 5.41) is 23.9.